The zero-order chi connectivity index (χ0) is 19.5. The number of piperidine rings is 1. The Labute approximate surface area is 165 Å². The molecule has 1 aromatic carbocycles. The van der Waals surface area contributed by atoms with Crippen molar-refractivity contribution in [3.8, 4) is 0 Å². The molecule has 1 aromatic heterocycles. The number of benzene rings is 1. The van der Waals surface area contributed by atoms with Crippen molar-refractivity contribution >= 4 is 17.4 Å². The van der Waals surface area contributed by atoms with Gasteiger partial charge in [0.2, 0.25) is 0 Å². The Morgan fingerprint density at radius 1 is 1.00 bits per heavy atom. The lowest BCUT2D eigenvalue weighted by Gasteiger charge is -2.36. The van der Waals surface area contributed by atoms with Crippen LogP contribution < -0.4 is 9.80 Å². The molecule has 0 saturated carbocycles. The lowest BCUT2D eigenvalue weighted by atomic mass is 9.99. The Bertz CT molecular complexity index is 827. The Balaban J connectivity index is 1.40. The third kappa shape index (κ3) is 3.96. The maximum absolute atomic E-state index is 14.0. The van der Waals surface area contributed by atoms with E-state index in [1.165, 1.54) is 6.07 Å². The molecule has 0 aliphatic carbocycles. The van der Waals surface area contributed by atoms with Crippen LogP contribution in [0.4, 0.5) is 15.9 Å². The number of pyridine rings is 1. The third-order valence-electron chi connectivity index (χ3n) is 5.86. The number of hydrogen-bond donors (Lipinski definition) is 0. The highest BCUT2D eigenvalue weighted by Crippen LogP contribution is 2.23. The number of hydrogen-bond acceptors (Lipinski definition) is 4. The van der Waals surface area contributed by atoms with Gasteiger partial charge < -0.3 is 14.7 Å². The molecule has 0 bridgehead atoms. The van der Waals surface area contributed by atoms with Crippen molar-refractivity contribution in [3.05, 3.63) is 54.0 Å². The second-order valence-electron chi connectivity index (χ2n) is 7.80. The van der Waals surface area contributed by atoms with Crippen LogP contribution in [0.2, 0.25) is 0 Å². The molecular formula is C22H27FN4O. The molecule has 2 aliphatic heterocycles. The van der Waals surface area contributed by atoms with E-state index < -0.39 is 0 Å². The molecule has 6 heteroatoms. The number of rotatable bonds is 3. The van der Waals surface area contributed by atoms with Gasteiger partial charge in [-0.2, -0.15) is 0 Å². The largest absolute Gasteiger partial charge is 0.366 e. The molecule has 3 heterocycles. The second-order valence-corrected chi connectivity index (χ2v) is 7.80. The van der Waals surface area contributed by atoms with Crippen LogP contribution in [0.5, 0.6) is 0 Å². The van der Waals surface area contributed by atoms with Gasteiger partial charge in [0.25, 0.3) is 5.91 Å². The number of carbonyl (C=O) groups is 1. The lowest BCUT2D eigenvalue weighted by Crippen LogP contribution is -2.49. The topological polar surface area (TPSA) is 39.7 Å². The van der Waals surface area contributed by atoms with Gasteiger partial charge in [-0.05, 0) is 43.0 Å². The fourth-order valence-electron chi connectivity index (χ4n) is 4.00. The third-order valence-corrected chi connectivity index (χ3v) is 5.86. The molecule has 28 heavy (non-hydrogen) atoms. The fraction of sp³-hybridized carbons (Fsp3) is 0.455. The highest BCUT2D eigenvalue weighted by molar-refractivity contribution is 5.95. The molecule has 0 N–H and O–H groups in total. The molecule has 2 fully saturated rings. The molecule has 0 atom stereocenters. The average molecular weight is 382 g/mol. The lowest BCUT2D eigenvalue weighted by molar-refractivity contribution is 0.0746. The molecule has 2 saturated heterocycles. The van der Waals surface area contributed by atoms with Gasteiger partial charge in [0, 0.05) is 51.0 Å². The maximum atomic E-state index is 14.0. The van der Waals surface area contributed by atoms with Gasteiger partial charge in [-0.25, -0.2) is 9.37 Å². The normalized spacial score (nSPS) is 18.4. The fourth-order valence-corrected chi connectivity index (χ4v) is 4.00. The first-order valence-corrected chi connectivity index (χ1v) is 10.1. The summed E-state index contributed by atoms with van der Waals surface area (Å²) in [5.41, 5.74) is 1.29. The minimum atomic E-state index is -0.211. The zero-order valence-electron chi connectivity index (χ0n) is 16.4. The first kappa shape index (κ1) is 18.7. The Morgan fingerprint density at radius 3 is 2.43 bits per heavy atom. The smallest absolute Gasteiger partial charge is 0.254 e. The van der Waals surface area contributed by atoms with E-state index in [9.17, 15) is 9.18 Å². The van der Waals surface area contributed by atoms with Crippen LogP contribution in [0.1, 0.15) is 30.1 Å². The molecule has 1 amide bonds. The summed E-state index contributed by atoms with van der Waals surface area (Å²) in [4.78, 5) is 23.6. The van der Waals surface area contributed by atoms with Gasteiger partial charge in [0.05, 0.1) is 5.69 Å². The van der Waals surface area contributed by atoms with Crippen LogP contribution in [0.25, 0.3) is 0 Å². The molecule has 148 valence electrons. The predicted octanol–water partition coefficient (Wildman–Crippen LogP) is 3.42. The van der Waals surface area contributed by atoms with Crippen molar-refractivity contribution in [2.75, 3.05) is 49.1 Å². The quantitative estimate of drug-likeness (QED) is 0.816. The standard InChI is InChI=1S/C22H27FN4O/c1-17-7-10-26(11-8-17)21-16-18(6-9-24-21)22(28)27-14-12-25(13-15-27)20-5-3-2-4-19(20)23/h2-6,9,16-17H,7-8,10-15H2,1H3. The zero-order valence-corrected chi connectivity index (χ0v) is 16.4. The van der Waals surface area contributed by atoms with Gasteiger partial charge in [0.15, 0.2) is 0 Å². The van der Waals surface area contributed by atoms with Gasteiger partial charge in [0.1, 0.15) is 11.6 Å². The highest BCUT2D eigenvalue weighted by atomic mass is 19.1. The highest BCUT2D eigenvalue weighted by Gasteiger charge is 2.24. The van der Waals surface area contributed by atoms with Crippen molar-refractivity contribution in [1.29, 1.82) is 0 Å². The SMILES string of the molecule is CC1CCN(c2cc(C(=O)N3CCN(c4ccccc4F)CC3)ccn2)CC1. The summed E-state index contributed by atoms with van der Waals surface area (Å²) in [6.45, 7) is 6.72. The van der Waals surface area contributed by atoms with Crippen LogP contribution in [-0.2, 0) is 0 Å². The van der Waals surface area contributed by atoms with Crippen molar-refractivity contribution in [3.63, 3.8) is 0 Å². The summed E-state index contributed by atoms with van der Waals surface area (Å²) in [5, 5.41) is 0. The summed E-state index contributed by atoms with van der Waals surface area (Å²) >= 11 is 0. The van der Waals surface area contributed by atoms with Crippen molar-refractivity contribution in [2.24, 2.45) is 5.92 Å². The second kappa shape index (κ2) is 8.17. The first-order valence-electron chi connectivity index (χ1n) is 10.1. The number of anilines is 2. The molecule has 2 aliphatic rings. The Hall–Kier alpha value is -2.63. The van der Waals surface area contributed by atoms with E-state index in [4.69, 9.17) is 0 Å². The summed E-state index contributed by atoms with van der Waals surface area (Å²) < 4.78 is 14.0. The van der Waals surface area contributed by atoms with E-state index in [1.807, 2.05) is 21.9 Å². The van der Waals surface area contributed by atoms with Crippen molar-refractivity contribution < 1.29 is 9.18 Å². The number of halogens is 1. The summed E-state index contributed by atoms with van der Waals surface area (Å²) in [6, 6.07) is 10.5. The summed E-state index contributed by atoms with van der Waals surface area (Å²) in [6.07, 6.45) is 4.06. The van der Waals surface area contributed by atoms with Gasteiger partial charge in [-0.1, -0.05) is 19.1 Å². The van der Waals surface area contributed by atoms with E-state index in [0.717, 1.165) is 37.7 Å². The number of amides is 1. The Kier molecular flexibility index (Phi) is 5.46. The van der Waals surface area contributed by atoms with Crippen LogP contribution >= 0.6 is 0 Å². The van der Waals surface area contributed by atoms with E-state index in [-0.39, 0.29) is 11.7 Å². The molecule has 0 spiro atoms. The van der Waals surface area contributed by atoms with Gasteiger partial charge in [-0.15, -0.1) is 0 Å². The summed E-state index contributed by atoms with van der Waals surface area (Å²) in [5.74, 6) is 1.47. The van der Waals surface area contributed by atoms with Crippen LogP contribution in [0.15, 0.2) is 42.6 Å². The number of para-hydroxylation sites is 1. The minimum absolute atomic E-state index is 0.0298. The monoisotopic (exact) mass is 382 g/mol. The maximum Gasteiger partial charge on any atom is 0.254 e. The minimum Gasteiger partial charge on any atom is -0.366 e. The molecule has 4 rings (SSSR count). The first-order chi connectivity index (χ1) is 13.6. The number of carbonyl (C=O) groups excluding carboxylic acids is 1. The molecule has 0 unspecified atom stereocenters. The van der Waals surface area contributed by atoms with Crippen molar-refractivity contribution in [2.45, 2.75) is 19.8 Å². The van der Waals surface area contributed by atoms with Crippen LogP contribution in [-0.4, -0.2) is 55.1 Å². The van der Waals surface area contributed by atoms with E-state index in [0.29, 0.717) is 37.4 Å². The number of aromatic nitrogens is 1. The molecule has 2 aromatic rings. The average Bonchev–Trinajstić information content (AvgIpc) is 2.74. The molecular weight excluding hydrogens is 355 g/mol. The van der Waals surface area contributed by atoms with Crippen molar-refractivity contribution in [1.82, 2.24) is 9.88 Å². The van der Waals surface area contributed by atoms with E-state index >= 15 is 0 Å². The number of piperazine rings is 1. The van der Waals surface area contributed by atoms with E-state index in [2.05, 4.69) is 16.8 Å². The Morgan fingerprint density at radius 2 is 1.71 bits per heavy atom. The molecule has 5 nitrogen and oxygen atoms in total. The molecule has 0 radical (unpaired) electrons. The van der Waals surface area contributed by atoms with Gasteiger partial charge >= 0.3 is 0 Å². The van der Waals surface area contributed by atoms with Crippen LogP contribution in [0.3, 0.4) is 0 Å². The number of nitrogens with zero attached hydrogens (tertiary/aromatic N) is 4. The van der Waals surface area contributed by atoms with Crippen LogP contribution in [0, 0.1) is 11.7 Å². The predicted molar refractivity (Wildman–Crippen MR) is 109 cm³/mol. The summed E-state index contributed by atoms with van der Waals surface area (Å²) in [7, 11) is 0. The van der Waals surface area contributed by atoms with Gasteiger partial charge in [-0.3, -0.25) is 4.79 Å². The van der Waals surface area contributed by atoms with E-state index in [1.54, 1.807) is 24.4 Å².